The number of likely N-dealkylation sites (N-methyl/N-ethyl adjacent to an activating group) is 1. The Hall–Kier alpha value is -2.85. The second-order valence-corrected chi connectivity index (χ2v) is 10.2. The highest BCUT2D eigenvalue weighted by atomic mass is 32.2. The maximum absolute atomic E-state index is 13.6. The van der Waals surface area contributed by atoms with Crippen LogP contribution in [0.3, 0.4) is 0 Å². The summed E-state index contributed by atoms with van der Waals surface area (Å²) in [4.78, 5) is 16.2. The lowest BCUT2D eigenvalue weighted by molar-refractivity contribution is 0.135. The third kappa shape index (κ3) is 3.57. The average Bonchev–Trinajstić information content (AvgIpc) is 2.79. The van der Waals surface area contributed by atoms with Crippen LogP contribution >= 0.6 is 0 Å². The van der Waals surface area contributed by atoms with E-state index in [0.29, 0.717) is 36.4 Å². The van der Waals surface area contributed by atoms with E-state index in [1.165, 1.54) is 21.3 Å². The van der Waals surface area contributed by atoms with Crippen molar-refractivity contribution >= 4 is 27.5 Å². The molecule has 0 radical (unpaired) electrons. The topological polar surface area (TPSA) is 79.4 Å². The van der Waals surface area contributed by atoms with Crippen LogP contribution in [0.4, 0.5) is 20.6 Å². The van der Waals surface area contributed by atoms with Gasteiger partial charge in [0, 0.05) is 37.8 Å². The Balaban J connectivity index is 1.33. The third-order valence-electron chi connectivity index (χ3n) is 6.30. The first-order valence-corrected chi connectivity index (χ1v) is 12.0. The SMILES string of the molecule is CN1CCOc2cc(S(=O)(=O)N3CCC(N4C(=O)OCc5cc(F)ccc54)CC3)ccc21. The van der Waals surface area contributed by atoms with Crippen molar-refractivity contribution in [3.63, 3.8) is 0 Å². The maximum Gasteiger partial charge on any atom is 0.414 e. The van der Waals surface area contributed by atoms with E-state index in [-0.39, 0.29) is 36.5 Å². The number of hydrogen-bond donors (Lipinski definition) is 0. The first-order valence-electron chi connectivity index (χ1n) is 10.6. The van der Waals surface area contributed by atoms with Crippen LogP contribution in [0, 0.1) is 5.82 Å². The van der Waals surface area contributed by atoms with Crippen molar-refractivity contribution in [2.24, 2.45) is 0 Å². The van der Waals surface area contributed by atoms with E-state index in [0.717, 1.165) is 12.2 Å². The van der Waals surface area contributed by atoms with Crippen LogP contribution in [0.1, 0.15) is 18.4 Å². The molecule has 0 aromatic heterocycles. The zero-order valence-electron chi connectivity index (χ0n) is 17.7. The van der Waals surface area contributed by atoms with Gasteiger partial charge in [-0.05, 0) is 43.2 Å². The van der Waals surface area contributed by atoms with Crippen molar-refractivity contribution in [3.05, 3.63) is 47.8 Å². The lowest BCUT2D eigenvalue weighted by Gasteiger charge is -2.39. The number of fused-ring (bicyclic) bond motifs is 2. The molecular formula is C22H24FN3O5S. The minimum absolute atomic E-state index is 0.0330. The molecule has 3 aliphatic heterocycles. The molecule has 2 aromatic carbocycles. The summed E-state index contributed by atoms with van der Waals surface area (Å²) in [6, 6.07) is 9.01. The quantitative estimate of drug-likeness (QED) is 0.699. The van der Waals surface area contributed by atoms with Gasteiger partial charge in [-0.15, -0.1) is 0 Å². The lowest BCUT2D eigenvalue weighted by Crippen LogP contribution is -2.50. The van der Waals surface area contributed by atoms with Crippen LogP contribution < -0.4 is 14.5 Å². The standard InChI is InChI=1S/C22H24FN3O5S/c1-24-10-11-30-21-13-18(3-5-20(21)24)32(28,29)25-8-6-17(7-9-25)26-19-4-2-16(23)12-15(19)14-31-22(26)27/h2-5,12-13,17H,6-11,14H2,1H3. The van der Waals surface area contributed by atoms with Gasteiger partial charge in [0.2, 0.25) is 10.0 Å². The number of rotatable bonds is 3. The van der Waals surface area contributed by atoms with Crippen LogP contribution in [0.25, 0.3) is 0 Å². The molecule has 8 nitrogen and oxygen atoms in total. The van der Waals surface area contributed by atoms with E-state index >= 15 is 0 Å². The summed E-state index contributed by atoms with van der Waals surface area (Å²) >= 11 is 0. The first-order chi connectivity index (χ1) is 15.3. The molecule has 0 aliphatic carbocycles. The number of sulfonamides is 1. The van der Waals surface area contributed by atoms with E-state index in [4.69, 9.17) is 9.47 Å². The molecule has 3 aliphatic rings. The predicted molar refractivity (Wildman–Crippen MR) is 116 cm³/mol. The molecular weight excluding hydrogens is 437 g/mol. The summed E-state index contributed by atoms with van der Waals surface area (Å²) in [5, 5.41) is 0. The predicted octanol–water partition coefficient (Wildman–Crippen LogP) is 2.96. The molecule has 1 amide bonds. The van der Waals surface area contributed by atoms with Crippen molar-refractivity contribution in [2.75, 3.05) is 43.1 Å². The van der Waals surface area contributed by atoms with Gasteiger partial charge in [0.1, 0.15) is 24.8 Å². The molecule has 0 atom stereocenters. The number of ether oxygens (including phenoxy) is 2. The highest BCUT2D eigenvalue weighted by Crippen LogP contribution is 2.36. The number of cyclic esters (lactones) is 1. The van der Waals surface area contributed by atoms with Gasteiger partial charge in [-0.3, -0.25) is 4.90 Å². The molecule has 2 aromatic rings. The van der Waals surface area contributed by atoms with Crippen molar-refractivity contribution in [1.29, 1.82) is 0 Å². The molecule has 0 saturated carbocycles. The molecule has 3 heterocycles. The number of carbonyl (C=O) groups is 1. The molecule has 0 unspecified atom stereocenters. The fourth-order valence-electron chi connectivity index (χ4n) is 4.55. The molecule has 0 N–H and O–H groups in total. The highest BCUT2D eigenvalue weighted by Gasteiger charge is 2.37. The summed E-state index contributed by atoms with van der Waals surface area (Å²) in [6.45, 7) is 1.83. The summed E-state index contributed by atoms with van der Waals surface area (Å²) in [5.41, 5.74) is 2.10. The summed E-state index contributed by atoms with van der Waals surface area (Å²) in [7, 11) is -1.75. The number of hydrogen-bond acceptors (Lipinski definition) is 6. The molecule has 1 fully saturated rings. The number of nitrogens with zero attached hydrogens (tertiary/aromatic N) is 3. The number of carbonyl (C=O) groups excluding carboxylic acids is 1. The van der Waals surface area contributed by atoms with Crippen molar-refractivity contribution in [2.45, 2.75) is 30.4 Å². The van der Waals surface area contributed by atoms with E-state index in [1.807, 2.05) is 11.9 Å². The largest absolute Gasteiger partial charge is 0.490 e. The highest BCUT2D eigenvalue weighted by molar-refractivity contribution is 7.89. The Morgan fingerprint density at radius 3 is 2.53 bits per heavy atom. The molecule has 0 spiro atoms. The van der Waals surface area contributed by atoms with Gasteiger partial charge in [0.05, 0.1) is 22.8 Å². The van der Waals surface area contributed by atoms with E-state index < -0.39 is 16.1 Å². The van der Waals surface area contributed by atoms with Gasteiger partial charge >= 0.3 is 6.09 Å². The second kappa shape index (κ2) is 7.93. The normalized spacial score (nSPS) is 19.8. The minimum Gasteiger partial charge on any atom is -0.490 e. The second-order valence-electron chi connectivity index (χ2n) is 8.23. The molecule has 10 heteroatoms. The number of halogens is 1. The van der Waals surface area contributed by atoms with Crippen molar-refractivity contribution < 1.29 is 27.1 Å². The van der Waals surface area contributed by atoms with Crippen LogP contribution in [0.15, 0.2) is 41.3 Å². The van der Waals surface area contributed by atoms with Gasteiger partial charge in [0.15, 0.2) is 0 Å². The lowest BCUT2D eigenvalue weighted by atomic mass is 10.0. The number of anilines is 2. The van der Waals surface area contributed by atoms with E-state index in [1.54, 1.807) is 24.3 Å². The number of amides is 1. The molecule has 1 saturated heterocycles. The van der Waals surface area contributed by atoms with Crippen molar-refractivity contribution in [1.82, 2.24) is 4.31 Å². The Morgan fingerprint density at radius 2 is 1.75 bits per heavy atom. The fourth-order valence-corrected chi connectivity index (χ4v) is 6.03. The van der Waals surface area contributed by atoms with Crippen molar-refractivity contribution in [3.8, 4) is 5.75 Å². The summed E-state index contributed by atoms with van der Waals surface area (Å²) in [6.07, 6.45) is 0.423. The van der Waals surface area contributed by atoms with Gasteiger partial charge in [-0.25, -0.2) is 17.6 Å². The number of benzene rings is 2. The van der Waals surface area contributed by atoms with Gasteiger partial charge in [-0.1, -0.05) is 0 Å². The Kier molecular flexibility index (Phi) is 5.21. The third-order valence-corrected chi connectivity index (χ3v) is 8.20. The van der Waals surface area contributed by atoms with E-state index in [9.17, 15) is 17.6 Å². The van der Waals surface area contributed by atoms with E-state index in [2.05, 4.69) is 0 Å². The smallest absolute Gasteiger partial charge is 0.414 e. The van der Waals surface area contributed by atoms with Crippen LogP contribution in [0.5, 0.6) is 5.75 Å². The van der Waals surface area contributed by atoms with Crippen LogP contribution in [-0.4, -0.2) is 58.1 Å². The summed E-state index contributed by atoms with van der Waals surface area (Å²) in [5.74, 6) is 0.178. The summed E-state index contributed by atoms with van der Waals surface area (Å²) < 4.78 is 52.4. The minimum atomic E-state index is -3.70. The van der Waals surface area contributed by atoms with Gasteiger partial charge in [0.25, 0.3) is 0 Å². The zero-order chi connectivity index (χ0) is 22.5. The monoisotopic (exact) mass is 461 g/mol. The first kappa shape index (κ1) is 21.0. The Labute approximate surface area is 186 Å². The number of piperidine rings is 1. The molecule has 0 bridgehead atoms. The van der Waals surface area contributed by atoms with Gasteiger partial charge in [-0.2, -0.15) is 4.31 Å². The van der Waals surface area contributed by atoms with Crippen LogP contribution in [0.2, 0.25) is 0 Å². The average molecular weight is 462 g/mol. The van der Waals surface area contributed by atoms with Crippen LogP contribution in [-0.2, 0) is 21.4 Å². The Morgan fingerprint density at radius 1 is 1.00 bits per heavy atom. The molecule has 32 heavy (non-hydrogen) atoms. The molecule has 5 rings (SSSR count). The maximum atomic E-state index is 13.6. The fraction of sp³-hybridized carbons (Fsp3) is 0.409. The molecule has 170 valence electrons. The zero-order valence-corrected chi connectivity index (χ0v) is 18.5. The Bertz CT molecular complexity index is 1160. The van der Waals surface area contributed by atoms with Gasteiger partial charge < -0.3 is 14.4 Å².